The molecule has 0 aliphatic rings. The van der Waals surface area contributed by atoms with Gasteiger partial charge in [0, 0.05) is 19.8 Å². The van der Waals surface area contributed by atoms with Crippen LogP contribution in [0.5, 0.6) is 0 Å². The first-order chi connectivity index (χ1) is 12.0. The maximum Gasteiger partial charge on any atom is 0.0361 e. The summed E-state index contributed by atoms with van der Waals surface area (Å²) in [5.74, 6) is 0. The smallest absolute Gasteiger partial charge is 0.0361 e. The van der Waals surface area contributed by atoms with Gasteiger partial charge in [-0.3, -0.25) is 0 Å². The van der Waals surface area contributed by atoms with Crippen LogP contribution >= 0.6 is 0 Å². The van der Waals surface area contributed by atoms with Gasteiger partial charge in [-0.2, -0.15) is 0 Å². The van der Waals surface area contributed by atoms with Crippen LogP contribution in [-0.4, -0.2) is 14.1 Å². The second-order valence-electron chi connectivity index (χ2n) is 6.78. The largest absolute Gasteiger partial charge is 0.378 e. The number of hydrogen-bond acceptors (Lipinski definition) is 1. The van der Waals surface area contributed by atoms with Crippen molar-refractivity contribution in [2.75, 3.05) is 19.0 Å². The minimum Gasteiger partial charge on any atom is -0.378 e. The maximum atomic E-state index is 2.28. The van der Waals surface area contributed by atoms with E-state index in [1.54, 1.807) is 0 Å². The molecule has 0 aliphatic carbocycles. The number of anilines is 1. The van der Waals surface area contributed by atoms with E-state index in [1.807, 2.05) is 0 Å². The average Bonchev–Trinajstić information content (AvgIpc) is 2.61. The van der Waals surface area contributed by atoms with E-state index in [1.165, 1.54) is 39.1 Å². The molecule has 1 nitrogen and oxygen atoms in total. The second kappa shape index (κ2) is 7.40. The predicted octanol–water partition coefficient (Wildman–Crippen LogP) is 5.96. The highest BCUT2D eigenvalue weighted by Gasteiger charge is 2.06. The molecule has 0 unspecified atom stereocenters. The Bertz CT molecular complexity index is 869. The van der Waals surface area contributed by atoms with Crippen LogP contribution in [-0.2, 0) is 0 Å². The highest BCUT2D eigenvalue weighted by Crippen LogP contribution is 2.27. The topological polar surface area (TPSA) is 3.24 Å². The minimum absolute atomic E-state index is 1.21. The van der Waals surface area contributed by atoms with E-state index < -0.39 is 0 Å². The Balaban J connectivity index is 2.08. The monoisotopic (exact) mass is 327 g/mol. The number of aryl methyl sites for hydroxylation is 2. The summed E-state index contributed by atoms with van der Waals surface area (Å²) in [4.78, 5) is 2.12. The fraction of sp³-hybridized carbons (Fsp3) is 0.167. The third-order valence-electron chi connectivity index (χ3n) is 4.41. The Morgan fingerprint density at radius 3 is 2.00 bits per heavy atom. The SMILES string of the molecule is Cc1ccc(C(=Cc2ccc(N(C)C)cc2)c2cccc(C)c2)cc1. The first-order valence-corrected chi connectivity index (χ1v) is 8.66. The summed E-state index contributed by atoms with van der Waals surface area (Å²) >= 11 is 0. The summed E-state index contributed by atoms with van der Waals surface area (Å²) < 4.78 is 0. The van der Waals surface area contributed by atoms with Crippen molar-refractivity contribution in [2.24, 2.45) is 0 Å². The van der Waals surface area contributed by atoms with Crippen LogP contribution in [0.1, 0.15) is 27.8 Å². The molecule has 3 aromatic carbocycles. The van der Waals surface area contributed by atoms with Crippen molar-refractivity contribution in [3.05, 3.63) is 101 Å². The minimum atomic E-state index is 1.21. The normalized spacial score (nSPS) is 11.4. The lowest BCUT2D eigenvalue weighted by molar-refractivity contribution is 1.13. The molecule has 0 fully saturated rings. The van der Waals surface area contributed by atoms with E-state index in [0.717, 1.165) is 0 Å². The molecule has 0 saturated carbocycles. The Morgan fingerprint density at radius 2 is 1.40 bits per heavy atom. The van der Waals surface area contributed by atoms with Crippen molar-refractivity contribution < 1.29 is 0 Å². The highest BCUT2D eigenvalue weighted by atomic mass is 15.1. The highest BCUT2D eigenvalue weighted by molar-refractivity contribution is 5.91. The van der Waals surface area contributed by atoms with Crippen LogP contribution in [0, 0.1) is 13.8 Å². The first-order valence-electron chi connectivity index (χ1n) is 8.66. The van der Waals surface area contributed by atoms with Gasteiger partial charge in [0.2, 0.25) is 0 Å². The third kappa shape index (κ3) is 4.19. The van der Waals surface area contributed by atoms with E-state index in [4.69, 9.17) is 0 Å². The Morgan fingerprint density at radius 1 is 0.720 bits per heavy atom. The van der Waals surface area contributed by atoms with Gasteiger partial charge >= 0.3 is 0 Å². The molecule has 0 aliphatic heterocycles. The maximum absolute atomic E-state index is 2.28. The zero-order valence-corrected chi connectivity index (χ0v) is 15.5. The third-order valence-corrected chi connectivity index (χ3v) is 4.41. The molecule has 0 saturated heterocycles. The molecule has 0 heterocycles. The van der Waals surface area contributed by atoms with Crippen LogP contribution < -0.4 is 4.90 Å². The number of nitrogens with zero attached hydrogens (tertiary/aromatic N) is 1. The lowest BCUT2D eigenvalue weighted by Gasteiger charge is -2.13. The molecule has 1 heteroatoms. The van der Waals surface area contributed by atoms with Gasteiger partial charge in [0.25, 0.3) is 0 Å². The van der Waals surface area contributed by atoms with E-state index in [0.29, 0.717) is 0 Å². The van der Waals surface area contributed by atoms with Gasteiger partial charge in [0.05, 0.1) is 0 Å². The zero-order valence-electron chi connectivity index (χ0n) is 15.5. The van der Waals surface area contributed by atoms with Gasteiger partial charge in [-0.15, -0.1) is 0 Å². The molecule has 3 aromatic rings. The van der Waals surface area contributed by atoms with Crippen molar-refractivity contribution in [3.63, 3.8) is 0 Å². The summed E-state index contributed by atoms with van der Waals surface area (Å²) in [6.45, 7) is 4.27. The Kier molecular flexibility index (Phi) is 5.04. The average molecular weight is 327 g/mol. The molecule has 0 atom stereocenters. The predicted molar refractivity (Wildman–Crippen MR) is 110 cm³/mol. The molecular formula is C24H25N. The molecule has 25 heavy (non-hydrogen) atoms. The van der Waals surface area contributed by atoms with Crippen LogP contribution in [0.3, 0.4) is 0 Å². The summed E-state index contributed by atoms with van der Waals surface area (Å²) in [7, 11) is 4.13. The summed E-state index contributed by atoms with van der Waals surface area (Å²) in [6.07, 6.45) is 2.28. The number of hydrogen-bond donors (Lipinski definition) is 0. The second-order valence-corrected chi connectivity index (χ2v) is 6.78. The zero-order chi connectivity index (χ0) is 17.8. The molecule has 0 radical (unpaired) electrons. The standard InChI is InChI=1S/C24H25N/c1-18-8-12-21(13-9-18)24(22-7-5-6-19(2)16-22)17-20-10-14-23(15-11-20)25(3)4/h5-17H,1-4H3. The van der Waals surface area contributed by atoms with E-state index in [-0.39, 0.29) is 0 Å². The lowest BCUT2D eigenvalue weighted by Crippen LogP contribution is -2.07. The van der Waals surface area contributed by atoms with Gasteiger partial charge in [-0.05, 0) is 54.3 Å². The quantitative estimate of drug-likeness (QED) is 0.535. The summed E-state index contributed by atoms with van der Waals surface area (Å²) in [6, 6.07) is 26.1. The van der Waals surface area contributed by atoms with Gasteiger partial charge in [0.1, 0.15) is 0 Å². The fourth-order valence-corrected chi connectivity index (χ4v) is 2.91. The van der Waals surface area contributed by atoms with E-state index in [9.17, 15) is 0 Å². The van der Waals surface area contributed by atoms with E-state index in [2.05, 4.69) is 112 Å². The van der Waals surface area contributed by atoms with Crippen LogP contribution in [0.15, 0.2) is 72.8 Å². The van der Waals surface area contributed by atoms with Crippen LogP contribution in [0.25, 0.3) is 11.6 Å². The van der Waals surface area contributed by atoms with Gasteiger partial charge < -0.3 is 4.90 Å². The first kappa shape index (κ1) is 17.0. The molecule has 3 rings (SSSR count). The van der Waals surface area contributed by atoms with E-state index >= 15 is 0 Å². The number of rotatable bonds is 4. The molecule has 0 amide bonds. The van der Waals surface area contributed by atoms with Gasteiger partial charge in [-0.1, -0.05) is 71.8 Å². The van der Waals surface area contributed by atoms with Crippen molar-refractivity contribution in [1.82, 2.24) is 0 Å². The Hall–Kier alpha value is -2.80. The van der Waals surface area contributed by atoms with Crippen LogP contribution in [0.4, 0.5) is 5.69 Å². The lowest BCUT2D eigenvalue weighted by atomic mass is 9.94. The summed E-state index contributed by atoms with van der Waals surface area (Å²) in [5, 5.41) is 0. The van der Waals surface area contributed by atoms with Crippen molar-refractivity contribution in [1.29, 1.82) is 0 Å². The van der Waals surface area contributed by atoms with Gasteiger partial charge in [-0.25, -0.2) is 0 Å². The van der Waals surface area contributed by atoms with Gasteiger partial charge in [0.15, 0.2) is 0 Å². The van der Waals surface area contributed by atoms with Crippen molar-refractivity contribution in [3.8, 4) is 0 Å². The molecule has 0 bridgehead atoms. The molecule has 0 N–H and O–H groups in total. The molecule has 126 valence electrons. The molecule has 0 aromatic heterocycles. The Labute approximate surface area is 151 Å². The fourth-order valence-electron chi connectivity index (χ4n) is 2.91. The van der Waals surface area contributed by atoms with Crippen LogP contribution in [0.2, 0.25) is 0 Å². The summed E-state index contributed by atoms with van der Waals surface area (Å²) in [5.41, 5.74) is 8.73. The van der Waals surface area contributed by atoms with Crippen molar-refractivity contribution >= 4 is 17.3 Å². The number of benzene rings is 3. The molecular weight excluding hydrogens is 302 g/mol. The molecule has 0 spiro atoms. The van der Waals surface area contributed by atoms with Crippen molar-refractivity contribution in [2.45, 2.75) is 13.8 Å².